The maximum atomic E-state index is 12.9. The monoisotopic (exact) mass is 538 g/mol. The Bertz CT molecular complexity index is 1050. The SMILES string of the molecule is NC(=O)C1CC(=O)NC1Cc1ccc(Nc2ccc(N3CCC(C(F)(F)F)CC3)c(Br)c2)cc1. The van der Waals surface area contributed by atoms with Gasteiger partial charge in [0.25, 0.3) is 0 Å². The molecule has 2 fully saturated rings. The van der Waals surface area contributed by atoms with Crippen LogP contribution in [0.2, 0.25) is 0 Å². The van der Waals surface area contributed by atoms with Crippen molar-refractivity contribution >= 4 is 44.8 Å². The van der Waals surface area contributed by atoms with E-state index >= 15 is 0 Å². The van der Waals surface area contributed by atoms with Crippen LogP contribution in [0.3, 0.4) is 0 Å². The van der Waals surface area contributed by atoms with E-state index in [9.17, 15) is 22.8 Å². The first-order valence-electron chi connectivity index (χ1n) is 11.2. The molecule has 0 radical (unpaired) electrons. The van der Waals surface area contributed by atoms with Gasteiger partial charge in [-0.2, -0.15) is 13.2 Å². The highest BCUT2D eigenvalue weighted by Crippen LogP contribution is 2.38. The van der Waals surface area contributed by atoms with E-state index in [4.69, 9.17) is 5.73 Å². The molecule has 34 heavy (non-hydrogen) atoms. The third kappa shape index (κ3) is 5.65. The predicted octanol–water partition coefficient (Wildman–Crippen LogP) is 4.50. The summed E-state index contributed by atoms with van der Waals surface area (Å²) in [5.74, 6) is -2.36. The van der Waals surface area contributed by atoms with E-state index in [0.29, 0.717) is 19.5 Å². The number of benzene rings is 2. The Morgan fingerprint density at radius 3 is 2.35 bits per heavy atom. The zero-order chi connectivity index (χ0) is 24.5. The Balaban J connectivity index is 1.36. The third-order valence-electron chi connectivity index (χ3n) is 6.55. The van der Waals surface area contributed by atoms with Crippen LogP contribution in [0.1, 0.15) is 24.8 Å². The van der Waals surface area contributed by atoms with Crippen molar-refractivity contribution < 1.29 is 22.8 Å². The predicted molar refractivity (Wildman–Crippen MR) is 128 cm³/mol. The fourth-order valence-electron chi connectivity index (χ4n) is 4.63. The number of piperidine rings is 1. The molecule has 0 aromatic heterocycles. The summed E-state index contributed by atoms with van der Waals surface area (Å²) < 4.78 is 39.6. The van der Waals surface area contributed by atoms with Gasteiger partial charge in [0.05, 0.1) is 17.5 Å². The molecule has 2 heterocycles. The number of carbonyl (C=O) groups excluding carboxylic acids is 2. The van der Waals surface area contributed by atoms with Crippen molar-refractivity contribution in [3.63, 3.8) is 0 Å². The molecule has 6 nitrogen and oxygen atoms in total. The number of nitrogens with two attached hydrogens (primary N) is 1. The van der Waals surface area contributed by atoms with Crippen molar-refractivity contribution in [3.05, 3.63) is 52.5 Å². The summed E-state index contributed by atoms with van der Waals surface area (Å²) in [4.78, 5) is 25.2. The van der Waals surface area contributed by atoms with Gasteiger partial charge in [-0.05, 0) is 71.1 Å². The van der Waals surface area contributed by atoms with Crippen LogP contribution in [0, 0.1) is 11.8 Å². The van der Waals surface area contributed by atoms with Gasteiger partial charge < -0.3 is 21.3 Å². The Morgan fingerprint density at radius 2 is 1.76 bits per heavy atom. The van der Waals surface area contributed by atoms with Crippen molar-refractivity contribution in [2.24, 2.45) is 17.6 Å². The number of nitrogens with zero attached hydrogens (tertiary/aromatic N) is 1. The highest BCUT2D eigenvalue weighted by atomic mass is 79.9. The van der Waals surface area contributed by atoms with Crippen LogP contribution in [-0.2, 0) is 16.0 Å². The number of primary amides is 1. The molecule has 2 aliphatic rings. The molecular weight excluding hydrogens is 513 g/mol. The van der Waals surface area contributed by atoms with Crippen molar-refractivity contribution in [2.45, 2.75) is 37.9 Å². The molecule has 10 heteroatoms. The minimum atomic E-state index is -4.12. The lowest BCUT2D eigenvalue weighted by atomic mass is 9.94. The quantitative estimate of drug-likeness (QED) is 0.505. The van der Waals surface area contributed by atoms with Crippen molar-refractivity contribution in [1.29, 1.82) is 0 Å². The van der Waals surface area contributed by atoms with Gasteiger partial charge in [0.15, 0.2) is 0 Å². The molecule has 2 atom stereocenters. The summed E-state index contributed by atoms with van der Waals surface area (Å²) in [6, 6.07) is 13.1. The maximum absolute atomic E-state index is 12.9. The molecule has 0 bridgehead atoms. The van der Waals surface area contributed by atoms with Crippen LogP contribution < -0.4 is 21.3 Å². The van der Waals surface area contributed by atoms with E-state index in [-0.39, 0.29) is 31.2 Å². The molecule has 2 aliphatic heterocycles. The Morgan fingerprint density at radius 1 is 1.12 bits per heavy atom. The normalized spacial score (nSPS) is 21.4. The maximum Gasteiger partial charge on any atom is 0.391 e. The molecule has 4 N–H and O–H groups in total. The van der Waals surface area contributed by atoms with E-state index in [1.165, 1.54) is 0 Å². The van der Waals surface area contributed by atoms with Crippen LogP contribution in [0.25, 0.3) is 0 Å². The third-order valence-corrected chi connectivity index (χ3v) is 7.18. The lowest BCUT2D eigenvalue weighted by molar-refractivity contribution is -0.179. The van der Waals surface area contributed by atoms with Crippen LogP contribution in [0.4, 0.5) is 30.2 Å². The molecule has 2 aromatic rings. The Hall–Kier alpha value is -2.75. The van der Waals surface area contributed by atoms with Crippen LogP contribution in [0.15, 0.2) is 46.9 Å². The number of anilines is 3. The van der Waals surface area contributed by atoms with Crippen LogP contribution >= 0.6 is 15.9 Å². The molecule has 182 valence electrons. The highest BCUT2D eigenvalue weighted by Gasteiger charge is 2.41. The van der Waals surface area contributed by atoms with E-state index in [1.54, 1.807) is 0 Å². The smallest absolute Gasteiger partial charge is 0.371 e. The Kier molecular flexibility index (Phi) is 7.06. The van der Waals surface area contributed by atoms with Crippen LogP contribution in [-0.4, -0.2) is 37.1 Å². The number of hydrogen-bond donors (Lipinski definition) is 3. The van der Waals surface area contributed by atoms with E-state index in [0.717, 1.165) is 27.1 Å². The zero-order valence-corrected chi connectivity index (χ0v) is 20.0. The van der Waals surface area contributed by atoms with Gasteiger partial charge >= 0.3 is 6.18 Å². The largest absolute Gasteiger partial charge is 0.391 e. The van der Waals surface area contributed by atoms with Gasteiger partial charge in [0, 0.05) is 41.4 Å². The average molecular weight is 539 g/mol. The van der Waals surface area contributed by atoms with Gasteiger partial charge in [0.2, 0.25) is 11.8 Å². The summed E-state index contributed by atoms with van der Waals surface area (Å²) in [7, 11) is 0. The van der Waals surface area contributed by atoms with E-state index < -0.39 is 23.9 Å². The second-order valence-electron chi connectivity index (χ2n) is 8.88. The van der Waals surface area contributed by atoms with Gasteiger partial charge in [-0.25, -0.2) is 0 Å². The van der Waals surface area contributed by atoms with E-state index in [2.05, 4.69) is 26.6 Å². The second-order valence-corrected chi connectivity index (χ2v) is 9.74. The van der Waals surface area contributed by atoms with Gasteiger partial charge in [-0.3, -0.25) is 9.59 Å². The average Bonchev–Trinajstić information content (AvgIpc) is 3.15. The standard InChI is InChI=1S/C24H26BrF3N4O2/c25-19-12-17(5-6-21(19)32-9-7-15(8-10-32)24(26,27)28)30-16-3-1-14(2-4-16)11-20-18(23(29)34)13-22(33)31-20/h1-6,12,15,18,20,30H,7-11,13H2,(H2,29,34)(H,31,33). The molecule has 0 saturated carbocycles. The fourth-order valence-corrected chi connectivity index (χ4v) is 5.26. The molecule has 2 unspecified atom stereocenters. The lowest BCUT2D eigenvalue weighted by Gasteiger charge is -2.35. The summed E-state index contributed by atoms with van der Waals surface area (Å²) in [6.07, 6.45) is -3.27. The summed E-state index contributed by atoms with van der Waals surface area (Å²) in [6.45, 7) is 0.740. The van der Waals surface area contributed by atoms with Crippen LogP contribution in [0.5, 0.6) is 0 Å². The first-order valence-corrected chi connectivity index (χ1v) is 12.0. The number of carbonyl (C=O) groups is 2. The molecule has 2 amide bonds. The number of rotatable bonds is 6. The molecular formula is C24H26BrF3N4O2. The number of nitrogens with one attached hydrogen (secondary N) is 2. The topological polar surface area (TPSA) is 87.5 Å². The molecule has 2 aromatic carbocycles. The van der Waals surface area contributed by atoms with E-state index in [1.807, 2.05) is 47.4 Å². The summed E-state index contributed by atoms with van der Waals surface area (Å²) in [5.41, 5.74) is 8.96. The van der Waals surface area contributed by atoms with Crippen molar-refractivity contribution in [2.75, 3.05) is 23.3 Å². The van der Waals surface area contributed by atoms with Crippen molar-refractivity contribution in [1.82, 2.24) is 5.32 Å². The summed E-state index contributed by atoms with van der Waals surface area (Å²) >= 11 is 3.56. The number of halogens is 4. The first-order chi connectivity index (χ1) is 16.1. The number of hydrogen-bond acceptors (Lipinski definition) is 4. The van der Waals surface area contributed by atoms with Gasteiger partial charge in [0.1, 0.15) is 0 Å². The Labute approximate surface area is 204 Å². The van der Waals surface area contributed by atoms with Gasteiger partial charge in [-0.15, -0.1) is 0 Å². The number of amides is 2. The van der Waals surface area contributed by atoms with Crippen molar-refractivity contribution in [3.8, 4) is 0 Å². The summed E-state index contributed by atoms with van der Waals surface area (Å²) in [5, 5.41) is 6.13. The second kappa shape index (κ2) is 9.85. The number of alkyl halides is 3. The molecule has 0 spiro atoms. The van der Waals surface area contributed by atoms with Gasteiger partial charge in [-0.1, -0.05) is 12.1 Å². The highest BCUT2D eigenvalue weighted by molar-refractivity contribution is 9.10. The zero-order valence-electron chi connectivity index (χ0n) is 18.4. The molecule has 4 rings (SSSR count). The minimum absolute atomic E-state index is 0.104. The first kappa shape index (κ1) is 24.4. The fraction of sp³-hybridized carbons (Fsp3) is 0.417. The lowest BCUT2D eigenvalue weighted by Crippen LogP contribution is -2.39. The molecule has 2 saturated heterocycles. The minimum Gasteiger partial charge on any atom is -0.371 e. The molecule has 0 aliphatic carbocycles.